The van der Waals surface area contributed by atoms with Gasteiger partial charge in [-0.05, 0) is 59.7 Å². The lowest BCUT2D eigenvalue weighted by Gasteiger charge is -2.20. The Hall–Kier alpha value is -2.41. The van der Waals surface area contributed by atoms with Crippen LogP contribution in [0.1, 0.15) is 23.6 Å². The first-order valence-electron chi connectivity index (χ1n) is 10.0. The van der Waals surface area contributed by atoms with Crippen LogP contribution in [0, 0.1) is 6.92 Å². The molecular weight excluding hydrogens is 446 g/mol. The predicted octanol–water partition coefficient (Wildman–Crippen LogP) is 6.54. The molecule has 4 aromatic rings. The molecule has 0 unspecified atom stereocenters. The second-order valence-electron chi connectivity index (χ2n) is 7.13. The second-order valence-corrected chi connectivity index (χ2v) is 9.85. The van der Waals surface area contributed by atoms with Gasteiger partial charge in [-0.1, -0.05) is 48.1 Å². The molecule has 0 bridgehead atoms. The van der Waals surface area contributed by atoms with Crippen molar-refractivity contribution in [3.05, 3.63) is 82.6 Å². The van der Waals surface area contributed by atoms with E-state index in [-0.39, 0.29) is 5.91 Å². The molecule has 0 fully saturated rings. The van der Waals surface area contributed by atoms with Crippen LogP contribution in [0.25, 0.3) is 10.2 Å². The Morgan fingerprint density at radius 1 is 1.06 bits per heavy atom. The molecule has 0 aliphatic carbocycles. The molecule has 0 saturated heterocycles. The minimum Gasteiger partial charge on any atom is -0.283 e. The molecule has 0 spiro atoms. The summed E-state index contributed by atoms with van der Waals surface area (Å²) in [5.74, 6) is 1.03. The number of fused-ring (bicyclic) bond motifs is 1. The maximum atomic E-state index is 13.4. The number of nitrogens with zero attached hydrogens (tertiary/aromatic N) is 3. The zero-order valence-corrected chi connectivity index (χ0v) is 19.7. The number of rotatable bonds is 7. The van der Waals surface area contributed by atoms with E-state index in [0.717, 1.165) is 32.7 Å². The standard InChI is InChI=1S/C24H22ClN3OS2/c1-3-30-19-7-5-17(6-8-19)14-21(29)28(15-18-10-12-26-13-11-18)24-27-22-16(2)4-9-20(25)23(22)31-24/h4-13H,3,14-15H2,1-2H3. The summed E-state index contributed by atoms with van der Waals surface area (Å²) >= 11 is 9.66. The topological polar surface area (TPSA) is 46.1 Å². The van der Waals surface area contributed by atoms with Gasteiger partial charge in [-0.2, -0.15) is 0 Å². The number of hydrogen-bond acceptors (Lipinski definition) is 5. The van der Waals surface area contributed by atoms with Gasteiger partial charge in [-0.25, -0.2) is 4.98 Å². The number of carbonyl (C=O) groups excluding carboxylic acids is 1. The van der Waals surface area contributed by atoms with Crippen molar-refractivity contribution in [2.24, 2.45) is 0 Å². The van der Waals surface area contributed by atoms with Crippen molar-refractivity contribution in [1.82, 2.24) is 9.97 Å². The second kappa shape index (κ2) is 9.81. The fourth-order valence-electron chi connectivity index (χ4n) is 3.28. The van der Waals surface area contributed by atoms with Crippen LogP contribution in [0.5, 0.6) is 0 Å². The van der Waals surface area contributed by atoms with Crippen LogP contribution in [-0.2, 0) is 17.8 Å². The minimum atomic E-state index is 0.000499. The predicted molar refractivity (Wildman–Crippen MR) is 131 cm³/mol. The normalized spacial score (nSPS) is 11.1. The number of anilines is 1. The SMILES string of the molecule is CCSc1ccc(CC(=O)N(Cc2ccncc2)c2nc3c(C)ccc(Cl)c3s2)cc1. The number of thioether (sulfide) groups is 1. The molecule has 158 valence electrons. The number of carbonyl (C=O) groups is 1. The Labute approximate surface area is 195 Å². The van der Waals surface area contributed by atoms with E-state index in [1.807, 2.05) is 43.3 Å². The van der Waals surface area contributed by atoms with Gasteiger partial charge < -0.3 is 0 Å². The Kier molecular flexibility index (Phi) is 6.90. The van der Waals surface area contributed by atoms with Gasteiger partial charge in [0.15, 0.2) is 5.13 Å². The quantitative estimate of drug-likeness (QED) is 0.289. The molecular formula is C24H22ClN3OS2. The third-order valence-electron chi connectivity index (χ3n) is 4.90. The van der Waals surface area contributed by atoms with Crippen LogP contribution in [0.3, 0.4) is 0 Å². The Balaban J connectivity index is 1.66. The van der Waals surface area contributed by atoms with E-state index >= 15 is 0 Å². The molecule has 4 nitrogen and oxygen atoms in total. The van der Waals surface area contributed by atoms with Crippen LogP contribution in [-0.4, -0.2) is 21.6 Å². The summed E-state index contributed by atoms with van der Waals surface area (Å²) < 4.78 is 0.908. The smallest absolute Gasteiger partial charge is 0.233 e. The first kappa shape index (κ1) is 21.8. The van der Waals surface area contributed by atoms with Crippen molar-refractivity contribution in [2.75, 3.05) is 10.7 Å². The Morgan fingerprint density at radius 2 is 1.81 bits per heavy atom. The van der Waals surface area contributed by atoms with E-state index < -0.39 is 0 Å². The van der Waals surface area contributed by atoms with E-state index in [0.29, 0.717) is 23.1 Å². The van der Waals surface area contributed by atoms with E-state index in [1.165, 1.54) is 16.2 Å². The Morgan fingerprint density at radius 3 is 2.48 bits per heavy atom. The number of aromatic nitrogens is 2. The average molecular weight is 468 g/mol. The number of benzene rings is 2. The fraction of sp³-hybridized carbons (Fsp3) is 0.208. The molecule has 31 heavy (non-hydrogen) atoms. The number of thiazole rings is 1. The van der Waals surface area contributed by atoms with Gasteiger partial charge in [-0.15, -0.1) is 11.8 Å². The van der Waals surface area contributed by atoms with Crippen LogP contribution >= 0.6 is 34.7 Å². The number of hydrogen-bond donors (Lipinski definition) is 0. The molecule has 0 aliphatic heterocycles. The van der Waals surface area contributed by atoms with Crippen molar-refractivity contribution >= 4 is 56.0 Å². The Bertz CT molecular complexity index is 1150. The summed E-state index contributed by atoms with van der Waals surface area (Å²) in [6, 6.07) is 15.9. The van der Waals surface area contributed by atoms with Gasteiger partial charge in [-0.3, -0.25) is 14.7 Å². The van der Waals surface area contributed by atoms with Crippen molar-refractivity contribution in [1.29, 1.82) is 0 Å². The highest BCUT2D eigenvalue weighted by Crippen LogP contribution is 2.36. The van der Waals surface area contributed by atoms with Crippen LogP contribution in [0.2, 0.25) is 5.02 Å². The van der Waals surface area contributed by atoms with Crippen molar-refractivity contribution in [2.45, 2.75) is 31.7 Å². The number of halogens is 1. The number of amides is 1. The molecule has 4 rings (SSSR count). The summed E-state index contributed by atoms with van der Waals surface area (Å²) in [5.41, 5.74) is 3.88. The highest BCUT2D eigenvalue weighted by molar-refractivity contribution is 7.99. The van der Waals surface area contributed by atoms with Gasteiger partial charge in [0.05, 0.1) is 28.2 Å². The van der Waals surface area contributed by atoms with Crippen LogP contribution in [0.15, 0.2) is 65.8 Å². The lowest BCUT2D eigenvalue weighted by Crippen LogP contribution is -2.31. The summed E-state index contributed by atoms with van der Waals surface area (Å²) in [5, 5.41) is 1.32. The zero-order valence-electron chi connectivity index (χ0n) is 17.3. The maximum absolute atomic E-state index is 13.4. The van der Waals surface area contributed by atoms with Crippen LogP contribution < -0.4 is 4.90 Å². The van der Waals surface area contributed by atoms with E-state index in [9.17, 15) is 4.79 Å². The summed E-state index contributed by atoms with van der Waals surface area (Å²) in [4.78, 5) is 25.3. The average Bonchev–Trinajstić information content (AvgIpc) is 3.23. The molecule has 0 radical (unpaired) electrons. The lowest BCUT2D eigenvalue weighted by atomic mass is 10.1. The highest BCUT2D eigenvalue weighted by atomic mass is 35.5. The van der Waals surface area contributed by atoms with Gasteiger partial charge in [0.1, 0.15) is 0 Å². The fourth-order valence-corrected chi connectivity index (χ4v) is 5.27. The number of pyridine rings is 1. The molecule has 0 atom stereocenters. The van der Waals surface area contributed by atoms with Crippen molar-refractivity contribution < 1.29 is 4.79 Å². The first-order chi connectivity index (χ1) is 15.0. The molecule has 1 amide bonds. The van der Waals surface area contributed by atoms with Crippen molar-refractivity contribution in [3.8, 4) is 0 Å². The van der Waals surface area contributed by atoms with E-state index in [4.69, 9.17) is 16.6 Å². The zero-order chi connectivity index (χ0) is 21.8. The summed E-state index contributed by atoms with van der Waals surface area (Å²) in [7, 11) is 0. The molecule has 0 aliphatic rings. The first-order valence-corrected chi connectivity index (χ1v) is 12.2. The van der Waals surface area contributed by atoms with E-state index in [2.05, 4.69) is 24.0 Å². The van der Waals surface area contributed by atoms with Gasteiger partial charge >= 0.3 is 0 Å². The monoisotopic (exact) mass is 467 g/mol. The van der Waals surface area contributed by atoms with Crippen LogP contribution in [0.4, 0.5) is 5.13 Å². The molecule has 7 heteroatoms. The lowest BCUT2D eigenvalue weighted by molar-refractivity contribution is -0.118. The molecule has 2 heterocycles. The minimum absolute atomic E-state index is 0.000499. The number of aryl methyl sites for hydroxylation is 1. The van der Waals surface area contributed by atoms with Crippen molar-refractivity contribution in [3.63, 3.8) is 0 Å². The third-order valence-corrected chi connectivity index (χ3v) is 7.33. The molecule has 2 aromatic heterocycles. The van der Waals surface area contributed by atoms with Gasteiger partial charge in [0.2, 0.25) is 5.91 Å². The molecule has 2 aromatic carbocycles. The van der Waals surface area contributed by atoms with Gasteiger partial charge in [0.25, 0.3) is 0 Å². The van der Waals surface area contributed by atoms with Gasteiger partial charge in [0, 0.05) is 17.3 Å². The maximum Gasteiger partial charge on any atom is 0.233 e. The molecule has 0 N–H and O–H groups in total. The largest absolute Gasteiger partial charge is 0.283 e. The highest BCUT2D eigenvalue weighted by Gasteiger charge is 2.22. The van der Waals surface area contributed by atoms with E-state index in [1.54, 1.807) is 29.1 Å². The summed E-state index contributed by atoms with van der Waals surface area (Å²) in [6.07, 6.45) is 3.79. The summed E-state index contributed by atoms with van der Waals surface area (Å²) in [6.45, 7) is 4.57. The molecule has 0 saturated carbocycles. The third kappa shape index (κ3) is 5.09.